The molecule has 0 bridgehead atoms. The summed E-state index contributed by atoms with van der Waals surface area (Å²) in [6, 6.07) is 7.99. The Bertz CT molecular complexity index is 899. The van der Waals surface area contributed by atoms with Gasteiger partial charge >= 0.3 is 6.18 Å². The molecule has 2 aromatic carbocycles. The fourth-order valence-corrected chi connectivity index (χ4v) is 2.71. The highest BCUT2D eigenvalue weighted by Gasteiger charge is 2.38. The third-order valence-corrected chi connectivity index (χ3v) is 4.14. The lowest BCUT2D eigenvalue weighted by Gasteiger charge is -2.24. The quantitative estimate of drug-likeness (QED) is 0.496. The van der Waals surface area contributed by atoms with Gasteiger partial charge in [0.05, 0.1) is 12.1 Å². The Balaban J connectivity index is 1.88. The van der Waals surface area contributed by atoms with Gasteiger partial charge in [0, 0.05) is 5.69 Å². The number of benzene rings is 2. The highest BCUT2D eigenvalue weighted by Crippen LogP contribution is 2.37. The fraction of sp³-hybridized carbons (Fsp3) is 0.235. The van der Waals surface area contributed by atoms with Crippen LogP contribution in [0.2, 0.25) is 0 Å². The molecule has 0 radical (unpaired) electrons. The van der Waals surface area contributed by atoms with Crippen molar-refractivity contribution in [3.05, 3.63) is 58.9 Å². The molecule has 0 amide bonds. The molecule has 142 valence electrons. The molecule has 1 atom stereocenters. The molecule has 0 saturated carbocycles. The number of carbonyl (C=O) groups excluding carboxylic acids is 1. The molecule has 1 aliphatic rings. The number of aldehydes is 1. The highest BCUT2D eigenvalue weighted by molar-refractivity contribution is 5.66. The molecule has 0 aliphatic carbocycles. The van der Waals surface area contributed by atoms with E-state index in [-0.39, 0.29) is 6.54 Å². The van der Waals surface area contributed by atoms with Gasteiger partial charge in [0.15, 0.2) is 18.3 Å². The van der Waals surface area contributed by atoms with Gasteiger partial charge in [0.1, 0.15) is 5.69 Å². The zero-order valence-electron chi connectivity index (χ0n) is 14.1. The van der Waals surface area contributed by atoms with Crippen molar-refractivity contribution in [2.45, 2.75) is 25.8 Å². The number of hydrogen-bond donors (Lipinski definition) is 1. The van der Waals surface area contributed by atoms with Crippen molar-refractivity contribution >= 4 is 17.7 Å². The first-order chi connectivity index (χ1) is 12.7. The van der Waals surface area contributed by atoms with E-state index in [1.165, 1.54) is 5.01 Å². The lowest BCUT2D eigenvalue weighted by molar-refractivity contribution is -0.139. The van der Waals surface area contributed by atoms with Gasteiger partial charge in [0.2, 0.25) is 0 Å². The first-order valence-corrected chi connectivity index (χ1v) is 7.86. The number of nitrogen functional groups attached to an aromatic ring is 1. The molecule has 2 N–H and O–H groups in total. The number of rotatable bonds is 4. The Hall–Kier alpha value is -3.17. The third kappa shape index (κ3) is 3.55. The van der Waals surface area contributed by atoms with E-state index in [0.717, 1.165) is 28.3 Å². The SMILES string of the molecule is Cc1cc(CN2N=NN(c3cccc(C(F)(F)F)c3F)C2C=O)ccc1N. The van der Waals surface area contributed by atoms with Crippen molar-refractivity contribution in [2.75, 3.05) is 10.7 Å². The Kier molecular flexibility index (Phi) is 4.73. The number of halogens is 4. The molecule has 0 spiro atoms. The maximum absolute atomic E-state index is 14.4. The molecular weight excluding hydrogens is 366 g/mol. The van der Waals surface area contributed by atoms with E-state index in [1.54, 1.807) is 18.2 Å². The molecule has 6 nitrogen and oxygen atoms in total. The first-order valence-electron chi connectivity index (χ1n) is 7.86. The predicted molar refractivity (Wildman–Crippen MR) is 89.7 cm³/mol. The normalized spacial score (nSPS) is 16.9. The lowest BCUT2D eigenvalue weighted by atomic mass is 10.1. The summed E-state index contributed by atoms with van der Waals surface area (Å²) in [5, 5.41) is 9.55. The average molecular weight is 381 g/mol. The minimum Gasteiger partial charge on any atom is -0.399 e. The summed E-state index contributed by atoms with van der Waals surface area (Å²) in [7, 11) is 0. The topological polar surface area (TPSA) is 74.3 Å². The van der Waals surface area contributed by atoms with Gasteiger partial charge in [-0.2, -0.15) is 13.2 Å². The maximum Gasteiger partial charge on any atom is 0.419 e. The fourth-order valence-electron chi connectivity index (χ4n) is 2.71. The van der Waals surface area contributed by atoms with Crippen LogP contribution in [0.3, 0.4) is 0 Å². The standard InChI is InChI=1S/C17H15F4N5O/c1-10-7-11(5-6-13(10)22)8-25-15(9-27)26(24-23-25)14-4-2-3-12(16(14)18)17(19,20)21/h2-7,9,15H,8,22H2,1H3. The predicted octanol–water partition coefficient (Wildman–Crippen LogP) is 3.86. The number of anilines is 2. The van der Waals surface area contributed by atoms with Gasteiger partial charge in [-0.05, 0) is 41.5 Å². The van der Waals surface area contributed by atoms with Gasteiger partial charge < -0.3 is 5.73 Å². The van der Waals surface area contributed by atoms with E-state index in [0.29, 0.717) is 18.0 Å². The van der Waals surface area contributed by atoms with Crippen LogP contribution in [0, 0.1) is 12.7 Å². The van der Waals surface area contributed by atoms with Crippen LogP contribution in [0.15, 0.2) is 46.8 Å². The number of aryl methyl sites for hydroxylation is 1. The minimum absolute atomic E-state index is 0.144. The molecule has 1 aliphatic heterocycles. The molecule has 1 unspecified atom stereocenters. The van der Waals surface area contributed by atoms with Crippen molar-refractivity contribution < 1.29 is 22.4 Å². The molecule has 1 heterocycles. The Labute approximate surface area is 151 Å². The van der Waals surface area contributed by atoms with E-state index < -0.39 is 29.4 Å². The molecule has 27 heavy (non-hydrogen) atoms. The molecule has 0 saturated heterocycles. The average Bonchev–Trinajstić information content (AvgIpc) is 2.99. The van der Waals surface area contributed by atoms with Crippen LogP contribution in [0.4, 0.5) is 28.9 Å². The van der Waals surface area contributed by atoms with Crippen LogP contribution >= 0.6 is 0 Å². The largest absolute Gasteiger partial charge is 0.419 e. The lowest BCUT2D eigenvalue weighted by Crippen LogP contribution is -2.40. The van der Waals surface area contributed by atoms with Crippen LogP contribution < -0.4 is 10.7 Å². The summed E-state index contributed by atoms with van der Waals surface area (Å²) in [6.07, 6.45) is -5.61. The first kappa shape index (κ1) is 18.6. The number of nitrogens with zero attached hydrogens (tertiary/aromatic N) is 4. The van der Waals surface area contributed by atoms with Crippen molar-refractivity contribution in [3.63, 3.8) is 0 Å². The summed E-state index contributed by atoms with van der Waals surface area (Å²) < 4.78 is 53.1. The number of alkyl halides is 3. The van der Waals surface area contributed by atoms with Gasteiger partial charge in [-0.15, -0.1) is 0 Å². The molecule has 2 aromatic rings. The van der Waals surface area contributed by atoms with Crippen LogP contribution in [0.25, 0.3) is 0 Å². The van der Waals surface area contributed by atoms with E-state index >= 15 is 0 Å². The van der Waals surface area contributed by atoms with Crippen LogP contribution in [0.5, 0.6) is 0 Å². The summed E-state index contributed by atoms with van der Waals surface area (Å²) in [5.41, 5.74) is 6.03. The molecule has 10 heteroatoms. The molecular formula is C17H15F4N5O. The van der Waals surface area contributed by atoms with E-state index in [1.807, 2.05) is 6.92 Å². The van der Waals surface area contributed by atoms with Crippen molar-refractivity contribution in [3.8, 4) is 0 Å². The Morgan fingerprint density at radius 3 is 2.59 bits per heavy atom. The maximum atomic E-state index is 14.4. The number of hydrogen-bond acceptors (Lipinski definition) is 6. The van der Waals surface area contributed by atoms with Crippen molar-refractivity contribution in [2.24, 2.45) is 10.4 Å². The Morgan fingerprint density at radius 2 is 1.96 bits per heavy atom. The summed E-state index contributed by atoms with van der Waals surface area (Å²) in [5.74, 6) is -1.51. The minimum atomic E-state index is -4.87. The van der Waals surface area contributed by atoms with Crippen LogP contribution in [0.1, 0.15) is 16.7 Å². The summed E-state index contributed by atoms with van der Waals surface area (Å²) >= 11 is 0. The molecule has 0 fully saturated rings. The van der Waals surface area contributed by atoms with E-state index in [4.69, 9.17) is 5.73 Å². The molecule has 3 rings (SSSR count). The number of carbonyl (C=O) groups is 1. The van der Waals surface area contributed by atoms with Gasteiger partial charge in [-0.1, -0.05) is 23.4 Å². The van der Waals surface area contributed by atoms with Crippen LogP contribution in [-0.4, -0.2) is 17.5 Å². The second kappa shape index (κ2) is 6.86. The van der Waals surface area contributed by atoms with Gasteiger partial charge in [-0.25, -0.2) is 14.4 Å². The second-order valence-electron chi connectivity index (χ2n) is 6.00. The van der Waals surface area contributed by atoms with E-state index in [9.17, 15) is 22.4 Å². The zero-order chi connectivity index (χ0) is 19.8. The highest BCUT2D eigenvalue weighted by atomic mass is 19.4. The number of nitrogens with two attached hydrogens (primary N) is 1. The smallest absolute Gasteiger partial charge is 0.399 e. The third-order valence-electron chi connectivity index (χ3n) is 4.14. The Morgan fingerprint density at radius 1 is 1.22 bits per heavy atom. The van der Waals surface area contributed by atoms with Crippen molar-refractivity contribution in [1.82, 2.24) is 5.01 Å². The second-order valence-corrected chi connectivity index (χ2v) is 6.00. The van der Waals surface area contributed by atoms with Gasteiger partial charge in [-0.3, -0.25) is 4.79 Å². The van der Waals surface area contributed by atoms with Crippen LogP contribution in [-0.2, 0) is 17.5 Å². The monoisotopic (exact) mass is 381 g/mol. The molecule has 0 aromatic heterocycles. The zero-order valence-corrected chi connectivity index (χ0v) is 14.1. The summed E-state index contributed by atoms with van der Waals surface area (Å²) in [6.45, 7) is 1.96. The van der Waals surface area contributed by atoms with Gasteiger partial charge in [0.25, 0.3) is 0 Å². The summed E-state index contributed by atoms with van der Waals surface area (Å²) in [4.78, 5) is 11.5. The van der Waals surface area contributed by atoms with Crippen molar-refractivity contribution in [1.29, 1.82) is 0 Å². The van der Waals surface area contributed by atoms with E-state index in [2.05, 4.69) is 10.4 Å².